The quantitative estimate of drug-likeness (QED) is 0.567. The zero-order valence-corrected chi connectivity index (χ0v) is 19.8. The van der Waals surface area contributed by atoms with Crippen LogP contribution >= 0.6 is 0 Å². The zero-order chi connectivity index (χ0) is 22.8. The molecule has 0 unspecified atom stereocenters. The van der Waals surface area contributed by atoms with Crippen LogP contribution in [0.5, 0.6) is 11.5 Å². The van der Waals surface area contributed by atoms with Crippen molar-refractivity contribution in [2.45, 2.75) is 39.2 Å². The molecule has 0 atom stereocenters. The average Bonchev–Trinajstić information content (AvgIpc) is 3.23. The normalized spacial score (nSPS) is 16.8. The fraction of sp³-hybridized carbons (Fsp3) is 0.444. The van der Waals surface area contributed by atoms with Crippen molar-refractivity contribution in [2.75, 3.05) is 44.3 Å². The van der Waals surface area contributed by atoms with Gasteiger partial charge in [0, 0.05) is 38.0 Å². The van der Waals surface area contributed by atoms with E-state index in [-0.39, 0.29) is 5.41 Å². The highest BCUT2D eigenvalue weighted by Crippen LogP contribution is 2.39. The Morgan fingerprint density at radius 1 is 0.879 bits per heavy atom. The van der Waals surface area contributed by atoms with E-state index in [0.717, 1.165) is 73.7 Å². The van der Waals surface area contributed by atoms with Crippen molar-refractivity contribution in [3.05, 3.63) is 71.4 Å². The average molecular weight is 448 g/mol. The molecule has 1 saturated heterocycles. The lowest BCUT2D eigenvalue weighted by Gasteiger charge is -2.37. The molecule has 6 heteroatoms. The van der Waals surface area contributed by atoms with E-state index in [2.05, 4.69) is 60.9 Å². The number of benzene rings is 2. The summed E-state index contributed by atoms with van der Waals surface area (Å²) in [4.78, 5) is 9.78. The van der Waals surface area contributed by atoms with Crippen LogP contribution in [-0.4, -0.2) is 49.3 Å². The van der Waals surface area contributed by atoms with Gasteiger partial charge < -0.3 is 18.8 Å². The van der Waals surface area contributed by atoms with Gasteiger partial charge >= 0.3 is 0 Å². The lowest BCUT2D eigenvalue weighted by atomic mass is 9.97. The molecule has 3 aromatic rings. The minimum Gasteiger partial charge on any atom is -0.486 e. The molecule has 0 radical (unpaired) electrons. The van der Waals surface area contributed by atoms with Gasteiger partial charge in [0.2, 0.25) is 0 Å². The number of hydrogen-bond acceptors (Lipinski definition) is 6. The molecular weight excluding hydrogens is 414 g/mol. The molecule has 1 aromatic heterocycles. The van der Waals surface area contributed by atoms with Crippen molar-refractivity contribution in [2.24, 2.45) is 0 Å². The highest BCUT2D eigenvalue weighted by atomic mass is 16.6. The summed E-state index contributed by atoms with van der Waals surface area (Å²) in [7, 11) is 0. The molecule has 6 nitrogen and oxygen atoms in total. The molecule has 33 heavy (non-hydrogen) atoms. The van der Waals surface area contributed by atoms with E-state index >= 15 is 0 Å². The molecule has 0 bridgehead atoms. The first-order chi connectivity index (χ1) is 16.0. The van der Waals surface area contributed by atoms with Crippen molar-refractivity contribution < 1.29 is 13.9 Å². The summed E-state index contributed by atoms with van der Waals surface area (Å²) in [5.74, 6) is 3.54. The van der Waals surface area contributed by atoms with E-state index in [1.807, 2.05) is 18.2 Å². The van der Waals surface area contributed by atoms with Crippen molar-refractivity contribution in [3.63, 3.8) is 0 Å². The van der Waals surface area contributed by atoms with E-state index in [9.17, 15) is 0 Å². The Morgan fingerprint density at radius 2 is 1.64 bits per heavy atom. The summed E-state index contributed by atoms with van der Waals surface area (Å²) in [6, 6.07) is 16.7. The summed E-state index contributed by atoms with van der Waals surface area (Å²) in [6.07, 6.45) is 0.795. The molecule has 2 aliphatic rings. The third-order valence-electron chi connectivity index (χ3n) is 6.26. The van der Waals surface area contributed by atoms with Crippen molar-refractivity contribution in [3.8, 4) is 11.5 Å². The summed E-state index contributed by atoms with van der Waals surface area (Å²) in [6.45, 7) is 12.3. The van der Waals surface area contributed by atoms with Crippen LogP contribution in [-0.2, 0) is 18.4 Å². The number of fused-ring (bicyclic) bond motifs is 1. The van der Waals surface area contributed by atoms with E-state index in [1.165, 1.54) is 5.56 Å². The van der Waals surface area contributed by atoms with Gasteiger partial charge in [0.15, 0.2) is 17.4 Å². The summed E-state index contributed by atoms with van der Waals surface area (Å²) < 4.78 is 18.0. The summed E-state index contributed by atoms with van der Waals surface area (Å²) in [5.41, 5.74) is 3.33. The zero-order valence-electron chi connectivity index (χ0n) is 19.8. The van der Waals surface area contributed by atoms with Crippen LogP contribution in [0.25, 0.3) is 0 Å². The second-order valence-electron chi connectivity index (χ2n) is 9.87. The molecule has 2 aromatic carbocycles. The van der Waals surface area contributed by atoms with Crippen molar-refractivity contribution in [1.82, 2.24) is 9.88 Å². The number of piperazine rings is 1. The van der Waals surface area contributed by atoms with E-state index < -0.39 is 0 Å². The number of ether oxygens (including phenoxy) is 2. The Labute approximate surface area is 196 Å². The van der Waals surface area contributed by atoms with Gasteiger partial charge in [0.25, 0.3) is 0 Å². The summed E-state index contributed by atoms with van der Waals surface area (Å²) in [5, 5.41) is 0. The number of oxazole rings is 1. The van der Waals surface area contributed by atoms with E-state index in [0.29, 0.717) is 13.2 Å². The topological polar surface area (TPSA) is 51.0 Å². The maximum absolute atomic E-state index is 6.34. The Hall–Kier alpha value is -2.99. The second kappa shape index (κ2) is 9.10. The molecule has 5 rings (SSSR count). The Kier molecular flexibility index (Phi) is 6.02. The lowest BCUT2D eigenvalue weighted by Crippen LogP contribution is -2.46. The molecule has 0 saturated carbocycles. The molecular formula is C27H33N3O3. The molecule has 174 valence electrons. The predicted octanol–water partition coefficient (Wildman–Crippen LogP) is 4.66. The monoisotopic (exact) mass is 447 g/mol. The van der Waals surface area contributed by atoms with Gasteiger partial charge in [0.05, 0.1) is 17.9 Å². The number of rotatable bonds is 5. The number of anilines is 1. The maximum atomic E-state index is 6.34. The fourth-order valence-corrected chi connectivity index (χ4v) is 4.41. The number of para-hydroxylation sites is 1. The molecule has 0 aliphatic carbocycles. The highest BCUT2D eigenvalue weighted by molar-refractivity contribution is 5.65. The van der Waals surface area contributed by atoms with Crippen LogP contribution in [0.4, 0.5) is 5.69 Å². The van der Waals surface area contributed by atoms with E-state index in [4.69, 9.17) is 18.9 Å². The second-order valence-corrected chi connectivity index (χ2v) is 9.87. The molecule has 0 amide bonds. The lowest BCUT2D eigenvalue weighted by molar-refractivity contribution is 0.171. The number of aromatic nitrogens is 1. The van der Waals surface area contributed by atoms with Gasteiger partial charge in [-0.3, -0.25) is 4.90 Å². The molecule has 2 aliphatic heterocycles. The first-order valence-electron chi connectivity index (χ1n) is 11.9. The highest BCUT2D eigenvalue weighted by Gasteiger charge is 2.27. The Balaban J connectivity index is 1.29. The van der Waals surface area contributed by atoms with Gasteiger partial charge in [-0.05, 0) is 17.7 Å². The maximum Gasteiger partial charge on any atom is 0.200 e. The van der Waals surface area contributed by atoms with Crippen LogP contribution in [0.2, 0.25) is 0 Å². The smallest absolute Gasteiger partial charge is 0.200 e. The molecule has 0 N–H and O–H groups in total. The van der Waals surface area contributed by atoms with Crippen LogP contribution in [0.3, 0.4) is 0 Å². The van der Waals surface area contributed by atoms with Crippen LogP contribution < -0.4 is 14.4 Å². The minimum absolute atomic E-state index is 0.114. The first-order valence-corrected chi connectivity index (χ1v) is 11.9. The SMILES string of the molecule is CC(C)(C)c1nc(Cc2ccccc2)c(CN2CCN(c3cccc4c3OCCO4)CC2)o1. The molecule has 1 fully saturated rings. The van der Waals surface area contributed by atoms with E-state index in [1.54, 1.807) is 0 Å². The van der Waals surface area contributed by atoms with Gasteiger partial charge in [0.1, 0.15) is 19.0 Å². The summed E-state index contributed by atoms with van der Waals surface area (Å²) >= 11 is 0. The van der Waals surface area contributed by atoms with Gasteiger partial charge in [-0.1, -0.05) is 57.2 Å². The number of hydrogen-bond donors (Lipinski definition) is 0. The van der Waals surface area contributed by atoms with Gasteiger partial charge in [-0.15, -0.1) is 0 Å². The third kappa shape index (κ3) is 4.86. The van der Waals surface area contributed by atoms with Gasteiger partial charge in [-0.2, -0.15) is 0 Å². The van der Waals surface area contributed by atoms with Gasteiger partial charge in [-0.25, -0.2) is 4.98 Å². The van der Waals surface area contributed by atoms with Crippen molar-refractivity contribution in [1.29, 1.82) is 0 Å². The minimum atomic E-state index is -0.114. The van der Waals surface area contributed by atoms with Crippen molar-refractivity contribution >= 4 is 5.69 Å². The van der Waals surface area contributed by atoms with Crippen LogP contribution in [0.1, 0.15) is 43.7 Å². The molecule has 0 spiro atoms. The fourth-order valence-electron chi connectivity index (χ4n) is 4.41. The predicted molar refractivity (Wildman–Crippen MR) is 129 cm³/mol. The van der Waals surface area contributed by atoms with Crippen LogP contribution in [0.15, 0.2) is 52.9 Å². The largest absolute Gasteiger partial charge is 0.486 e. The third-order valence-corrected chi connectivity index (χ3v) is 6.26. The number of nitrogens with zero attached hydrogens (tertiary/aromatic N) is 3. The standard InChI is InChI=1S/C27H33N3O3/c1-27(2,3)26-28-21(18-20-8-5-4-6-9-20)24(33-26)19-29-12-14-30(15-13-29)22-10-7-11-23-25(22)32-17-16-31-23/h4-11H,12-19H2,1-3H3. The molecule has 3 heterocycles. The Bertz CT molecular complexity index is 1080. The van der Waals surface area contributed by atoms with Crippen LogP contribution in [0, 0.1) is 0 Å². The first kappa shape index (κ1) is 21.8. The Morgan fingerprint density at radius 3 is 2.39 bits per heavy atom.